The Morgan fingerprint density at radius 2 is 1.46 bits per heavy atom. The third kappa shape index (κ3) is 6.93. The van der Waals surface area contributed by atoms with Crippen molar-refractivity contribution in [1.29, 1.82) is 0 Å². The molecule has 8 nitrogen and oxygen atoms in total. The molecule has 1 aliphatic rings. The summed E-state index contributed by atoms with van der Waals surface area (Å²) >= 11 is 0. The molecule has 5 aromatic rings. The van der Waals surface area contributed by atoms with Gasteiger partial charge in [-0.05, 0) is 53.1 Å². The molecule has 0 bridgehead atoms. The Labute approximate surface area is 238 Å². The quantitative estimate of drug-likeness (QED) is 0.207. The predicted molar refractivity (Wildman–Crippen MR) is 153 cm³/mol. The van der Waals surface area contributed by atoms with Gasteiger partial charge < -0.3 is 23.9 Å². The molecule has 0 aliphatic carbocycles. The lowest BCUT2D eigenvalue weighted by molar-refractivity contribution is 0.0945. The van der Waals surface area contributed by atoms with Crippen LogP contribution in [0.1, 0.15) is 33.1 Å². The molecule has 8 heteroatoms. The summed E-state index contributed by atoms with van der Waals surface area (Å²) in [4.78, 5) is 19.4. The summed E-state index contributed by atoms with van der Waals surface area (Å²) in [5.74, 6) is 3.17. The number of carbonyl (C=O) groups excluding carboxylic acids is 1. The van der Waals surface area contributed by atoms with E-state index in [1.165, 1.54) is 6.26 Å². The summed E-state index contributed by atoms with van der Waals surface area (Å²) in [5.41, 5.74) is 3.38. The van der Waals surface area contributed by atoms with Crippen LogP contribution in [0.15, 0.2) is 114 Å². The van der Waals surface area contributed by atoms with Gasteiger partial charge in [0.25, 0.3) is 5.91 Å². The first-order chi connectivity index (χ1) is 20.2. The number of benzene rings is 4. The number of aromatic nitrogens is 1. The molecule has 0 saturated carbocycles. The fourth-order valence-electron chi connectivity index (χ4n) is 4.60. The minimum atomic E-state index is -0.281. The highest BCUT2D eigenvalue weighted by atomic mass is 16.7. The van der Waals surface area contributed by atoms with Crippen LogP contribution in [0.5, 0.6) is 23.0 Å². The predicted octanol–water partition coefficient (Wildman–Crippen LogP) is 6.33. The van der Waals surface area contributed by atoms with Gasteiger partial charge in [0.2, 0.25) is 12.7 Å². The first-order valence-electron chi connectivity index (χ1n) is 13.4. The van der Waals surface area contributed by atoms with Crippen molar-refractivity contribution < 1.29 is 23.4 Å². The number of para-hydroxylation sites is 1. The molecule has 41 heavy (non-hydrogen) atoms. The molecule has 0 saturated heterocycles. The van der Waals surface area contributed by atoms with Crippen LogP contribution in [0.3, 0.4) is 0 Å². The van der Waals surface area contributed by atoms with Gasteiger partial charge in [0.05, 0.1) is 6.54 Å². The number of hydrogen-bond acceptors (Lipinski definition) is 7. The van der Waals surface area contributed by atoms with Crippen LogP contribution in [0, 0.1) is 0 Å². The smallest absolute Gasteiger partial charge is 0.273 e. The second kappa shape index (κ2) is 12.4. The number of nitrogens with zero attached hydrogens (tertiary/aromatic N) is 2. The second-order valence-electron chi connectivity index (χ2n) is 9.69. The monoisotopic (exact) mass is 547 g/mol. The zero-order valence-electron chi connectivity index (χ0n) is 22.4. The normalized spacial score (nSPS) is 11.9. The van der Waals surface area contributed by atoms with Gasteiger partial charge in [0.1, 0.15) is 17.8 Å². The lowest BCUT2D eigenvalue weighted by atomic mass is 10.1. The summed E-state index contributed by atoms with van der Waals surface area (Å²) in [7, 11) is 0. The number of rotatable bonds is 11. The topological polar surface area (TPSA) is 86.1 Å². The molecule has 206 valence electrons. The molecule has 1 N–H and O–H groups in total. The van der Waals surface area contributed by atoms with Crippen LogP contribution in [0.4, 0.5) is 0 Å². The van der Waals surface area contributed by atoms with E-state index < -0.39 is 0 Å². The molecule has 1 aromatic heterocycles. The van der Waals surface area contributed by atoms with Crippen LogP contribution < -0.4 is 19.5 Å². The van der Waals surface area contributed by atoms with E-state index in [2.05, 4.69) is 21.3 Å². The number of oxazole rings is 1. The van der Waals surface area contributed by atoms with E-state index in [-0.39, 0.29) is 18.4 Å². The number of carbonyl (C=O) groups is 1. The van der Waals surface area contributed by atoms with Crippen molar-refractivity contribution in [1.82, 2.24) is 15.2 Å². The van der Waals surface area contributed by atoms with E-state index in [0.29, 0.717) is 32.1 Å². The Morgan fingerprint density at radius 1 is 0.756 bits per heavy atom. The molecular weight excluding hydrogens is 518 g/mol. The van der Waals surface area contributed by atoms with E-state index in [9.17, 15) is 4.79 Å². The van der Waals surface area contributed by atoms with Crippen molar-refractivity contribution in [3.05, 3.63) is 138 Å². The molecule has 2 heterocycles. The van der Waals surface area contributed by atoms with Gasteiger partial charge in [-0.2, -0.15) is 0 Å². The van der Waals surface area contributed by atoms with E-state index in [1.54, 1.807) is 0 Å². The summed E-state index contributed by atoms with van der Waals surface area (Å²) in [6.07, 6.45) is 1.41. The highest BCUT2D eigenvalue weighted by Crippen LogP contribution is 2.33. The van der Waals surface area contributed by atoms with Crippen molar-refractivity contribution in [2.45, 2.75) is 26.2 Å². The summed E-state index contributed by atoms with van der Waals surface area (Å²) in [5, 5.41) is 2.90. The third-order valence-electron chi connectivity index (χ3n) is 6.57. The van der Waals surface area contributed by atoms with Gasteiger partial charge in [-0.15, -0.1) is 0 Å². The summed E-state index contributed by atoms with van der Waals surface area (Å²) in [6, 6.07) is 33.4. The Hall–Kier alpha value is -5.08. The van der Waals surface area contributed by atoms with Crippen molar-refractivity contribution in [3.8, 4) is 23.0 Å². The van der Waals surface area contributed by atoms with Gasteiger partial charge >= 0.3 is 0 Å². The molecule has 6 rings (SSSR count). The van der Waals surface area contributed by atoms with Crippen LogP contribution >= 0.6 is 0 Å². The minimum absolute atomic E-state index is 0.224. The van der Waals surface area contributed by atoms with Crippen molar-refractivity contribution >= 4 is 5.91 Å². The Kier molecular flexibility index (Phi) is 7.91. The van der Waals surface area contributed by atoms with Crippen LogP contribution in [-0.4, -0.2) is 22.6 Å². The highest BCUT2D eigenvalue weighted by molar-refractivity contribution is 5.91. The summed E-state index contributed by atoms with van der Waals surface area (Å²) < 4.78 is 22.8. The van der Waals surface area contributed by atoms with E-state index in [1.807, 2.05) is 97.1 Å². The SMILES string of the molecule is O=C(NCc1ccccc1)c1coc(CN(Cc2cccc(Oc3ccccc3)c2)Cc2ccc3c(c2)OCO3)n1. The minimum Gasteiger partial charge on any atom is -0.457 e. The molecule has 0 fully saturated rings. The Balaban J connectivity index is 1.17. The van der Waals surface area contributed by atoms with Crippen LogP contribution in [0.2, 0.25) is 0 Å². The number of amides is 1. The van der Waals surface area contributed by atoms with E-state index in [4.69, 9.17) is 18.6 Å². The maximum Gasteiger partial charge on any atom is 0.273 e. The van der Waals surface area contributed by atoms with E-state index in [0.717, 1.165) is 39.7 Å². The lowest BCUT2D eigenvalue weighted by Gasteiger charge is -2.21. The van der Waals surface area contributed by atoms with Crippen LogP contribution in [-0.2, 0) is 26.2 Å². The van der Waals surface area contributed by atoms with Crippen molar-refractivity contribution in [2.75, 3.05) is 6.79 Å². The standard InChI is InChI=1S/C33H29N3O5/c37-33(34-18-24-8-3-1-4-9-24)29-22-38-32(35-29)21-36(20-26-14-15-30-31(17-26)40-23-39-30)19-25-10-7-13-28(16-25)41-27-11-5-2-6-12-27/h1-17,22H,18-21,23H2,(H,34,37). The van der Waals surface area contributed by atoms with Crippen LogP contribution in [0.25, 0.3) is 0 Å². The van der Waals surface area contributed by atoms with Gasteiger partial charge in [-0.1, -0.05) is 66.7 Å². The van der Waals surface area contributed by atoms with Gasteiger partial charge in [0.15, 0.2) is 17.2 Å². The lowest BCUT2D eigenvalue weighted by Crippen LogP contribution is -2.24. The molecule has 0 radical (unpaired) electrons. The highest BCUT2D eigenvalue weighted by Gasteiger charge is 2.18. The number of hydrogen-bond donors (Lipinski definition) is 1. The van der Waals surface area contributed by atoms with Crippen molar-refractivity contribution in [2.24, 2.45) is 0 Å². The third-order valence-corrected chi connectivity index (χ3v) is 6.57. The maximum atomic E-state index is 12.7. The average molecular weight is 548 g/mol. The number of fused-ring (bicyclic) bond motifs is 1. The zero-order valence-corrected chi connectivity index (χ0v) is 22.4. The second-order valence-corrected chi connectivity index (χ2v) is 9.69. The summed E-state index contributed by atoms with van der Waals surface area (Å²) in [6.45, 7) is 2.22. The van der Waals surface area contributed by atoms with Crippen molar-refractivity contribution in [3.63, 3.8) is 0 Å². The number of nitrogens with one attached hydrogen (secondary N) is 1. The average Bonchev–Trinajstić information content (AvgIpc) is 3.67. The van der Waals surface area contributed by atoms with E-state index >= 15 is 0 Å². The molecule has 1 aliphatic heterocycles. The largest absolute Gasteiger partial charge is 0.457 e. The van der Waals surface area contributed by atoms with Gasteiger partial charge in [-0.25, -0.2) is 4.98 Å². The molecule has 0 unspecified atom stereocenters. The molecule has 1 amide bonds. The molecule has 4 aromatic carbocycles. The fraction of sp³-hybridized carbons (Fsp3) is 0.152. The number of ether oxygens (including phenoxy) is 3. The maximum absolute atomic E-state index is 12.7. The molecular formula is C33H29N3O5. The Bertz CT molecular complexity index is 1600. The Morgan fingerprint density at radius 3 is 2.29 bits per heavy atom. The van der Waals surface area contributed by atoms with Gasteiger partial charge in [0, 0.05) is 19.6 Å². The van der Waals surface area contributed by atoms with Gasteiger partial charge in [-0.3, -0.25) is 9.69 Å². The molecule has 0 spiro atoms. The fourth-order valence-corrected chi connectivity index (χ4v) is 4.60. The first-order valence-corrected chi connectivity index (χ1v) is 13.4. The first kappa shape index (κ1) is 26.2. The zero-order chi connectivity index (χ0) is 27.9. The molecule has 0 atom stereocenters.